The summed E-state index contributed by atoms with van der Waals surface area (Å²) in [5.74, 6) is 0. The summed E-state index contributed by atoms with van der Waals surface area (Å²) in [7, 11) is 0. The first-order valence-electron chi connectivity index (χ1n) is 13.8. The first kappa shape index (κ1) is 34.1. The molecular weight excluding hydrogens is 570 g/mol. The molecule has 4 aliphatic rings. The van der Waals surface area contributed by atoms with Crippen LogP contribution in [0.5, 0.6) is 0 Å². The van der Waals surface area contributed by atoms with E-state index in [1.807, 2.05) is 0 Å². The normalized spacial score (nSPS) is 53.8. The van der Waals surface area contributed by atoms with Crippen LogP contribution in [0.2, 0.25) is 0 Å². The van der Waals surface area contributed by atoms with Crippen molar-refractivity contribution in [3.8, 4) is 0 Å². The Labute approximate surface area is 240 Å². The minimum Gasteiger partial charge on any atom is -0.394 e. The highest BCUT2D eigenvalue weighted by molar-refractivity contribution is 5.02. The maximum absolute atomic E-state index is 11.1. The second-order valence-corrected chi connectivity index (χ2v) is 11.2. The Bertz CT molecular complexity index is 866. The summed E-state index contributed by atoms with van der Waals surface area (Å²) >= 11 is 0. The van der Waals surface area contributed by atoms with Gasteiger partial charge in [-0.25, -0.2) is 0 Å². The summed E-state index contributed by atoms with van der Waals surface area (Å²) < 4.78 is 34.4. The molecule has 42 heavy (non-hydrogen) atoms. The lowest BCUT2D eigenvalue weighted by Crippen LogP contribution is -2.68. The van der Waals surface area contributed by atoms with Crippen LogP contribution in [0.3, 0.4) is 0 Å². The molecule has 18 N–H and O–H groups in total. The van der Waals surface area contributed by atoms with Gasteiger partial charge in [0, 0.05) is 18.6 Å². The maximum Gasteiger partial charge on any atom is 0.187 e. The third kappa shape index (κ3) is 6.60. The largest absolute Gasteiger partial charge is 0.394 e. The minimum absolute atomic E-state index is 0.0642. The third-order valence-corrected chi connectivity index (χ3v) is 8.32. The van der Waals surface area contributed by atoms with Gasteiger partial charge in [-0.05, 0) is 6.42 Å². The van der Waals surface area contributed by atoms with Crippen molar-refractivity contribution in [3.63, 3.8) is 0 Å². The maximum atomic E-state index is 11.1. The summed E-state index contributed by atoms with van der Waals surface area (Å²) in [6.45, 7) is -1.49. The molecule has 19 heteroatoms. The van der Waals surface area contributed by atoms with Crippen LogP contribution in [0, 0.1) is 0 Å². The molecule has 0 aromatic carbocycles. The predicted molar refractivity (Wildman–Crippen MR) is 136 cm³/mol. The molecule has 4 rings (SSSR count). The van der Waals surface area contributed by atoms with Crippen LogP contribution in [0.1, 0.15) is 6.42 Å². The van der Waals surface area contributed by atoms with Crippen molar-refractivity contribution in [2.24, 2.45) is 28.7 Å². The van der Waals surface area contributed by atoms with E-state index in [4.69, 9.17) is 57.1 Å². The van der Waals surface area contributed by atoms with Crippen molar-refractivity contribution < 1.29 is 69.3 Å². The SMILES string of the molecule is NC[C@@H]1O[C@H](O[C@H]2[C@@H](O)[C@H](O[C@H]3[C@@H](O)[C@H](N)C[C@H](N)[C@H]3O[C@H]3O[C@H](CO)[C@@H](O)[C@H](O)[C@H]3N)O[C@@H]2CO)[C@H](N)[C@@H](O)[C@@H]1O. The molecule has 0 aromatic heterocycles. The Morgan fingerprint density at radius 1 is 0.524 bits per heavy atom. The molecule has 0 amide bonds. The average molecular weight is 616 g/mol. The number of hydrogen-bond acceptors (Lipinski definition) is 19. The summed E-state index contributed by atoms with van der Waals surface area (Å²) in [4.78, 5) is 0. The fourth-order valence-corrected chi connectivity index (χ4v) is 5.70. The lowest BCUT2D eigenvalue weighted by atomic mass is 9.84. The highest BCUT2D eigenvalue weighted by atomic mass is 16.8. The van der Waals surface area contributed by atoms with Gasteiger partial charge in [-0.3, -0.25) is 0 Å². The zero-order chi connectivity index (χ0) is 31.0. The van der Waals surface area contributed by atoms with E-state index in [0.717, 1.165) is 0 Å². The van der Waals surface area contributed by atoms with E-state index < -0.39 is 129 Å². The second kappa shape index (κ2) is 14.1. The average Bonchev–Trinajstić information content (AvgIpc) is 3.27. The smallest absolute Gasteiger partial charge is 0.187 e. The predicted octanol–water partition coefficient (Wildman–Crippen LogP) is -8.86. The Balaban J connectivity index is 1.50. The number of aliphatic hydroxyl groups is 8. The third-order valence-electron chi connectivity index (χ3n) is 8.32. The molecule has 246 valence electrons. The molecule has 19 atom stereocenters. The van der Waals surface area contributed by atoms with Gasteiger partial charge < -0.3 is 97.9 Å². The molecule has 0 radical (unpaired) electrons. The van der Waals surface area contributed by atoms with Gasteiger partial charge in [0.1, 0.15) is 67.1 Å². The number of hydrogen-bond donors (Lipinski definition) is 13. The fraction of sp³-hybridized carbons (Fsp3) is 1.00. The van der Waals surface area contributed by atoms with E-state index >= 15 is 0 Å². The molecular formula is C23H45N5O14. The van der Waals surface area contributed by atoms with E-state index in [9.17, 15) is 40.9 Å². The molecule has 1 aliphatic carbocycles. The minimum atomic E-state index is -1.62. The first-order valence-corrected chi connectivity index (χ1v) is 13.8. The molecule has 3 aliphatic heterocycles. The first-order chi connectivity index (χ1) is 19.8. The number of rotatable bonds is 9. The fourth-order valence-electron chi connectivity index (χ4n) is 5.70. The van der Waals surface area contributed by atoms with Crippen LogP contribution in [0.15, 0.2) is 0 Å². The number of ether oxygens (including phenoxy) is 6. The van der Waals surface area contributed by atoms with Crippen LogP contribution in [-0.4, -0.2) is 177 Å². The van der Waals surface area contributed by atoms with Gasteiger partial charge in [0.05, 0.1) is 31.4 Å². The molecule has 3 saturated heterocycles. The molecule has 3 heterocycles. The monoisotopic (exact) mass is 615 g/mol. The summed E-state index contributed by atoms with van der Waals surface area (Å²) in [6, 6.07) is -4.30. The van der Waals surface area contributed by atoms with Crippen LogP contribution in [0.4, 0.5) is 0 Å². The Hall–Kier alpha value is -0.760. The topological polar surface area (TPSA) is 347 Å². The van der Waals surface area contributed by atoms with Gasteiger partial charge in [-0.15, -0.1) is 0 Å². The Morgan fingerprint density at radius 3 is 1.55 bits per heavy atom. The zero-order valence-corrected chi connectivity index (χ0v) is 22.7. The lowest BCUT2D eigenvalue weighted by Gasteiger charge is -2.47. The standard InChI is InChI=1S/C23H45N5O14/c24-2-7-13(32)15(34)10(27)21(37-7)41-19-9(4-30)39-23(17(19)36)42-20-12(31)5(25)1-6(26)18(20)40-22-11(28)16(35)14(33)8(3-29)38-22/h5-23,29-36H,1-4,24-28H2/t5-,6+,7+,8-,9-,10-,11-,12+,13-,14-,15-,16-,17-,18-,19-,20+,21-,22-,23+/m1/s1. The van der Waals surface area contributed by atoms with Gasteiger partial charge in [0.25, 0.3) is 0 Å². The van der Waals surface area contributed by atoms with Crippen molar-refractivity contribution in [1.82, 2.24) is 0 Å². The van der Waals surface area contributed by atoms with Gasteiger partial charge in [0.15, 0.2) is 18.9 Å². The Morgan fingerprint density at radius 2 is 1.00 bits per heavy atom. The van der Waals surface area contributed by atoms with E-state index in [2.05, 4.69) is 0 Å². The van der Waals surface area contributed by atoms with Crippen LogP contribution >= 0.6 is 0 Å². The van der Waals surface area contributed by atoms with Gasteiger partial charge in [-0.1, -0.05) is 0 Å². The van der Waals surface area contributed by atoms with Gasteiger partial charge >= 0.3 is 0 Å². The van der Waals surface area contributed by atoms with E-state index in [1.165, 1.54) is 0 Å². The lowest BCUT2D eigenvalue weighted by molar-refractivity contribution is -0.310. The van der Waals surface area contributed by atoms with E-state index in [1.54, 1.807) is 0 Å². The molecule has 0 unspecified atom stereocenters. The highest BCUT2D eigenvalue weighted by Gasteiger charge is 2.54. The quantitative estimate of drug-likeness (QED) is 0.114. The van der Waals surface area contributed by atoms with Crippen molar-refractivity contribution >= 4 is 0 Å². The van der Waals surface area contributed by atoms with E-state index in [-0.39, 0.29) is 13.0 Å². The van der Waals surface area contributed by atoms with Crippen LogP contribution in [0.25, 0.3) is 0 Å². The van der Waals surface area contributed by atoms with Crippen LogP contribution < -0.4 is 28.7 Å². The molecule has 0 spiro atoms. The molecule has 1 saturated carbocycles. The van der Waals surface area contributed by atoms with Crippen molar-refractivity contribution in [1.29, 1.82) is 0 Å². The van der Waals surface area contributed by atoms with E-state index in [0.29, 0.717) is 0 Å². The summed E-state index contributed by atoms with van der Waals surface area (Å²) in [5, 5.41) is 82.3. The van der Waals surface area contributed by atoms with Crippen molar-refractivity contribution in [3.05, 3.63) is 0 Å². The molecule has 4 fully saturated rings. The zero-order valence-electron chi connectivity index (χ0n) is 22.7. The number of nitrogens with two attached hydrogens (primary N) is 5. The Kier molecular flexibility index (Phi) is 11.5. The van der Waals surface area contributed by atoms with Gasteiger partial charge in [0.2, 0.25) is 0 Å². The van der Waals surface area contributed by atoms with Crippen LogP contribution in [-0.2, 0) is 28.4 Å². The second-order valence-electron chi connectivity index (χ2n) is 11.2. The van der Waals surface area contributed by atoms with Gasteiger partial charge in [-0.2, -0.15) is 0 Å². The molecule has 19 nitrogen and oxygen atoms in total. The number of aliphatic hydroxyl groups excluding tert-OH is 8. The molecule has 0 bridgehead atoms. The molecule has 0 aromatic rings. The highest BCUT2D eigenvalue weighted by Crippen LogP contribution is 2.34. The summed E-state index contributed by atoms with van der Waals surface area (Å²) in [5.41, 5.74) is 29.9. The summed E-state index contributed by atoms with van der Waals surface area (Å²) in [6.07, 6.45) is -20.5. The van der Waals surface area contributed by atoms with Crippen molar-refractivity contribution in [2.75, 3.05) is 19.8 Å². The van der Waals surface area contributed by atoms with Crippen molar-refractivity contribution in [2.45, 2.75) is 123 Å².